The van der Waals surface area contributed by atoms with Crippen molar-refractivity contribution in [2.24, 2.45) is 0 Å². The van der Waals surface area contributed by atoms with Gasteiger partial charge in [-0.1, -0.05) is 48.5 Å². The Labute approximate surface area is 182 Å². The van der Waals surface area contributed by atoms with Crippen LogP contribution in [0.4, 0.5) is 4.79 Å². The van der Waals surface area contributed by atoms with Crippen molar-refractivity contribution in [1.29, 1.82) is 0 Å². The fourth-order valence-corrected chi connectivity index (χ4v) is 4.72. The molecule has 158 valence electrons. The Morgan fingerprint density at radius 3 is 2.65 bits per heavy atom. The minimum Gasteiger partial charge on any atom is -0.434 e. The highest BCUT2D eigenvalue weighted by Gasteiger charge is 2.27. The van der Waals surface area contributed by atoms with Gasteiger partial charge in [0, 0.05) is 11.1 Å². The third-order valence-electron chi connectivity index (χ3n) is 6.11. The number of hydrogen-bond donors (Lipinski definition) is 1. The molecule has 0 aliphatic heterocycles. The van der Waals surface area contributed by atoms with Crippen LogP contribution in [0.2, 0.25) is 0 Å². The molecule has 31 heavy (non-hydrogen) atoms. The maximum Gasteiger partial charge on any atom is 0.415 e. The molecule has 1 aliphatic carbocycles. The average molecular weight is 414 g/mol. The van der Waals surface area contributed by atoms with E-state index >= 15 is 0 Å². The smallest absolute Gasteiger partial charge is 0.415 e. The number of carbonyl (C=O) groups is 1. The van der Waals surface area contributed by atoms with Crippen LogP contribution < -0.4 is 10.1 Å². The zero-order valence-corrected chi connectivity index (χ0v) is 18.2. The lowest BCUT2D eigenvalue weighted by molar-refractivity contribution is 0.177. The first-order chi connectivity index (χ1) is 14.9. The highest BCUT2D eigenvalue weighted by Crippen LogP contribution is 2.41. The summed E-state index contributed by atoms with van der Waals surface area (Å²) in [5, 5.41) is 7.99. The molecular formula is C27H27NO3. The van der Waals surface area contributed by atoms with Crippen LogP contribution in [0.25, 0.3) is 21.5 Å². The average Bonchev–Trinajstić information content (AvgIpc) is 3.19. The van der Waals surface area contributed by atoms with Crippen molar-refractivity contribution in [2.45, 2.75) is 51.5 Å². The quantitative estimate of drug-likeness (QED) is 0.370. The molecule has 4 nitrogen and oxygen atoms in total. The Hall–Kier alpha value is -3.27. The van der Waals surface area contributed by atoms with E-state index in [1.807, 2.05) is 26.8 Å². The van der Waals surface area contributed by atoms with E-state index in [1.165, 1.54) is 32.7 Å². The molecule has 0 spiro atoms. The number of aryl methyl sites for hydroxylation is 1. The molecule has 3 aromatic carbocycles. The van der Waals surface area contributed by atoms with Gasteiger partial charge in [-0.25, -0.2) is 4.79 Å². The molecule has 0 saturated heterocycles. The summed E-state index contributed by atoms with van der Waals surface area (Å²) in [7, 11) is 0. The maximum atomic E-state index is 12.3. The lowest BCUT2D eigenvalue weighted by Gasteiger charge is -2.26. The Kier molecular flexibility index (Phi) is 4.73. The van der Waals surface area contributed by atoms with Crippen molar-refractivity contribution in [2.75, 3.05) is 0 Å². The molecule has 4 heteroatoms. The van der Waals surface area contributed by atoms with Crippen LogP contribution in [0.15, 0.2) is 65.3 Å². The SMILES string of the molecule is CC(C)(C)NC(=O)Oc1occc1C1CCc2ccc3c(ccc4ccccc43)c2C1. The van der Waals surface area contributed by atoms with Crippen molar-refractivity contribution >= 4 is 27.6 Å². The van der Waals surface area contributed by atoms with Gasteiger partial charge in [0.2, 0.25) is 0 Å². The normalized spacial score (nSPS) is 16.3. The first kappa shape index (κ1) is 19.7. The Morgan fingerprint density at radius 2 is 1.81 bits per heavy atom. The number of nitrogens with one attached hydrogen (secondary N) is 1. The number of fused-ring (bicyclic) bond motifs is 5. The van der Waals surface area contributed by atoms with E-state index in [1.54, 1.807) is 6.26 Å². The number of rotatable bonds is 2. The molecule has 5 rings (SSSR count). The van der Waals surface area contributed by atoms with Crippen molar-refractivity contribution < 1.29 is 13.9 Å². The Morgan fingerprint density at radius 1 is 1.00 bits per heavy atom. The van der Waals surface area contributed by atoms with Crippen LogP contribution in [0.3, 0.4) is 0 Å². The summed E-state index contributed by atoms with van der Waals surface area (Å²) in [6.45, 7) is 5.76. The van der Waals surface area contributed by atoms with Crippen molar-refractivity contribution in [1.82, 2.24) is 5.32 Å². The van der Waals surface area contributed by atoms with Gasteiger partial charge in [0.15, 0.2) is 0 Å². The standard InChI is InChI=1S/C27H27NO3/c1-27(2,3)28-26(29)31-25-21(14-15-30-25)19-9-8-18-11-12-22-20-7-5-4-6-17(20)10-13-23(22)24(18)16-19/h4-7,10-15,19H,8-9,16H2,1-3H3,(H,28,29). The molecule has 4 aromatic rings. The molecule has 0 radical (unpaired) electrons. The van der Waals surface area contributed by atoms with Gasteiger partial charge in [-0.2, -0.15) is 0 Å². The largest absolute Gasteiger partial charge is 0.434 e. The van der Waals surface area contributed by atoms with Crippen molar-refractivity contribution in [3.05, 3.63) is 77.6 Å². The van der Waals surface area contributed by atoms with Crippen LogP contribution in [0, 0.1) is 0 Å². The second-order valence-corrected chi connectivity index (χ2v) is 9.45. The van der Waals surface area contributed by atoms with Gasteiger partial charge in [-0.05, 0) is 84.7 Å². The minimum atomic E-state index is -0.489. The van der Waals surface area contributed by atoms with Crippen LogP contribution in [-0.4, -0.2) is 11.6 Å². The molecule has 1 amide bonds. The molecule has 1 heterocycles. The van der Waals surface area contributed by atoms with Crippen LogP contribution in [-0.2, 0) is 12.8 Å². The lowest BCUT2D eigenvalue weighted by atomic mass is 9.78. The highest BCUT2D eigenvalue weighted by molar-refractivity contribution is 6.08. The first-order valence-electron chi connectivity index (χ1n) is 10.9. The van der Waals surface area contributed by atoms with Crippen molar-refractivity contribution in [3.8, 4) is 5.95 Å². The monoisotopic (exact) mass is 413 g/mol. The third kappa shape index (κ3) is 3.78. The zero-order chi connectivity index (χ0) is 21.6. The number of benzene rings is 3. The number of amides is 1. The van der Waals surface area contributed by atoms with E-state index in [-0.39, 0.29) is 11.5 Å². The second-order valence-electron chi connectivity index (χ2n) is 9.45. The van der Waals surface area contributed by atoms with Gasteiger partial charge in [0.1, 0.15) is 0 Å². The summed E-state index contributed by atoms with van der Waals surface area (Å²) in [6, 6.07) is 19.5. The molecule has 0 bridgehead atoms. The minimum absolute atomic E-state index is 0.251. The fraction of sp³-hybridized carbons (Fsp3) is 0.296. The Bertz CT molecular complexity index is 1280. The van der Waals surface area contributed by atoms with Gasteiger partial charge in [-0.15, -0.1) is 0 Å². The maximum absolute atomic E-state index is 12.3. The van der Waals surface area contributed by atoms with Gasteiger partial charge < -0.3 is 14.5 Å². The van der Waals surface area contributed by atoms with Gasteiger partial charge in [0.25, 0.3) is 5.95 Å². The molecule has 1 atom stereocenters. The lowest BCUT2D eigenvalue weighted by Crippen LogP contribution is -2.42. The number of ether oxygens (including phenoxy) is 1. The van der Waals surface area contributed by atoms with E-state index in [4.69, 9.17) is 9.15 Å². The summed E-state index contributed by atoms with van der Waals surface area (Å²) in [6.07, 6.45) is 4.03. The topological polar surface area (TPSA) is 51.5 Å². The zero-order valence-electron chi connectivity index (χ0n) is 18.2. The first-order valence-corrected chi connectivity index (χ1v) is 10.9. The number of carbonyl (C=O) groups excluding carboxylic acids is 1. The highest BCUT2D eigenvalue weighted by atomic mass is 16.6. The van der Waals surface area contributed by atoms with E-state index in [2.05, 4.69) is 53.8 Å². The van der Waals surface area contributed by atoms with Crippen LogP contribution >= 0.6 is 0 Å². The van der Waals surface area contributed by atoms with Crippen LogP contribution in [0.1, 0.15) is 49.8 Å². The predicted molar refractivity (Wildman–Crippen MR) is 124 cm³/mol. The summed E-state index contributed by atoms with van der Waals surface area (Å²) in [5.74, 6) is 0.557. The van der Waals surface area contributed by atoms with E-state index in [0.717, 1.165) is 24.8 Å². The van der Waals surface area contributed by atoms with Crippen molar-refractivity contribution in [3.63, 3.8) is 0 Å². The Balaban J connectivity index is 1.48. The summed E-state index contributed by atoms with van der Waals surface area (Å²) in [4.78, 5) is 12.3. The van der Waals surface area contributed by atoms with E-state index in [9.17, 15) is 4.79 Å². The molecule has 1 N–H and O–H groups in total. The molecule has 0 saturated carbocycles. The number of furan rings is 1. The number of hydrogen-bond acceptors (Lipinski definition) is 3. The molecule has 1 aliphatic rings. The molecule has 0 fully saturated rings. The van der Waals surface area contributed by atoms with Gasteiger partial charge in [0.05, 0.1) is 6.26 Å². The van der Waals surface area contributed by atoms with Crippen LogP contribution in [0.5, 0.6) is 5.95 Å². The fourth-order valence-electron chi connectivity index (χ4n) is 4.72. The molecular weight excluding hydrogens is 386 g/mol. The third-order valence-corrected chi connectivity index (χ3v) is 6.11. The predicted octanol–water partition coefficient (Wildman–Crippen LogP) is 6.75. The van der Waals surface area contributed by atoms with Gasteiger partial charge >= 0.3 is 6.09 Å². The summed E-state index contributed by atoms with van der Waals surface area (Å²) in [5.41, 5.74) is 3.41. The van der Waals surface area contributed by atoms with E-state index < -0.39 is 6.09 Å². The molecule has 1 unspecified atom stereocenters. The molecule has 1 aromatic heterocycles. The van der Waals surface area contributed by atoms with E-state index in [0.29, 0.717) is 5.95 Å². The summed E-state index contributed by atoms with van der Waals surface area (Å²) < 4.78 is 11.1. The summed E-state index contributed by atoms with van der Waals surface area (Å²) >= 11 is 0. The second kappa shape index (κ2) is 7.45. The van der Waals surface area contributed by atoms with Gasteiger partial charge in [-0.3, -0.25) is 0 Å².